The van der Waals surface area contributed by atoms with Crippen LogP contribution in [0.2, 0.25) is 0 Å². The first kappa shape index (κ1) is 26.9. The van der Waals surface area contributed by atoms with Crippen molar-refractivity contribution in [3.8, 4) is 6.07 Å². The van der Waals surface area contributed by atoms with Gasteiger partial charge in [0, 0.05) is 18.4 Å². The number of H-pyrrole nitrogens is 1. The number of aromatic amines is 1. The molecule has 188 valence electrons. The van der Waals surface area contributed by atoms with Crippen molar-refractivity contribution in [2.24, 2.45) is 5.41 Å². The van der Waals surface area contributed by atoms with E-state index in [1.807, 2.05) is 6.07 Å². The van der Waals surface area contributed by atoms with E-state index in [4.69, 9.17) is 5.26 Å². The summed E-state index contributed by atoms with van der Waals surface area (Å²) in [5.74, 6) is 0.289. The molecular formula is C28H37N3O3S. The standard InChI is InChI=1S/C28H37N3O3S/c1-27(2)13-10-20(11-14-27)24-17-22(28(3,4)12-6-7-15-35(5,33)34)9-8-21(24)16-25(32)26-30-19-23(18-29)31-26/h8-10,17,19H,6-7,11-16H2,1-5H3,(H,30,31). The predicted molar refractivity (Wildman–Crippen MR) is 140 cm³/mol. The molecule has 2 aromatic rings. The molecule has 0 saturated carbocycles. The second-order valence-electron chi connectivity index (χ2n) is 11.3. The molecule has 7 heteroatoms. The van der Waals surface area contributed by atoms with Crippen LogP contribution in [0.5, 0.6) is 0 Å². The Labute approximate surface area is 209 Å². The van der Waals surface area contributed by atoms with Crippen LogP contribution in [0.25, 0.3) is 5.57 Å². The van der Waals surface area contributed by atoms with E-state index in [1.54, 1.807) is 0 Å². The highest BCUT2D eigenvalue weighted by Crippen LogP contribution is 2.40. The Kier molecular flexibility index (Phi) is 8.06. The summed E-state index contributed by atoms with van der Waals surface area (Å²) < 4.78 is 23.0. The summed E-state index contributed by atoms with van der Waals surface area (Å²) >= 11 is 0. The second kappa shape index (κ2) is 10.5. The summed E-state index contributed by atoms with van der Waals surface area (Å²) in [6.45, 7) is 8.96. The van der Waals surface area contributed by atoms with Crippen molar-refractivity contribution in [2.45, 2.75) is 78.1 Å². The van der Waals surface area contributed by atoms with Crippen molar-refractivity contribution in [1.29, 1.82) is 5.26 Å². The van der Waals surface area contributed by atoms with Crippen LogP contribution >= 0.6 is 0 Å². The van der Waals surface area contributed by atoms with Gasteiger partial charge in [0.05, 0.1) is 6.20 Å². The Morgan fingerprint density at radius 3 is 2.60 bits per heavy atom. The lowest BCUT2D eigenvalue weighted by Crippen LogP contribution is -2.19. The molecule has 1 aromatic heterocycles. The normalized spacial score (nSPS) is 15.9. The highest BCUT2D eigenvalue weighted by Gasteiger charge is 2.26. The molecule has 6 nitrogen and oxygen atoms in total. The molecule has 0 spiro atoms. The van der Waals surface area contributed by atoms with Crippen LogP contribution in [0.3, 0.4) is 0 Å². The van der Waals surface area contributed by atoms with Gasteiger partial charge in [-0.3, -0.25) is 4.79 Å². The van der Waals surface area contributed by atoms with E-state index >= 15 is 0 Å². The number of carbonyl (C=O) groups is 1. The lowest BCUT2D eigenvalue weighted by molar-refractivity contribution is 0.0984. The number of carbonyl (C=O) groups excluding carboxylic acids is 1. The molecule has 1 aromatic carbocycles. The van der Waals surface area contributed by atoms with Gasteiger partial charge in [0.1, 0.15) is 21.6 Å². The van der Waals surface area contributed by atoms with Crippen LogP contribution in [0.1, 0.15) is 99.2 Å². The molecule has 0 saturated heterocycles. The maximum Gasteiger partial charge on any atom is 0.202 e. The molecule has 0 radical (unpaired) electrons. The quantitative estimate of drug-likeness (QED) is 0.332. The van der Waals surface area contributed by atoms with Crippen molar-refractivity contribution in [3.05, 3.63) is 58.7 Å². The van der Waals surface area contributed by atoms with E-state index in [9.17, 15) is 13.2 Å². The van der Waals surface area contributed by atoms with E-state index in [2.05, 4.69) is 61.9 Å². The molecular weight excluding hydrogens is 458 g/mol. The summed E-state index contributed by atoms with van der Waals surface area (Å²) in [4.78, 5) is 19.8. The average molecular weight is 496 g/mol. The van der Waals surface area contributed by atoms with Gasteiger partial charge in [0.2, 0.25) is 5.78 Å². The molecule has 0 amide bonds. The zero-order chi connectivity index (χ0) is 25.9. The van der Waals surface area contributed by atoms with Gasteiger partial charge < -0.3 is 4.98 Å². The fourth-order valence-electron chi connectivity index (χ4n) is 4.62. The number of benzene rings is 1. The Hall–Kier alpha value is -2.72. The Morgan fingerprint density at radius 2 is 2.00 bits per heavy atom. The number of Topliss-reactive ketones (excluding diaryl/α,β-unsaturated/α-hetero) is 1. The van der Waals surface area contributed by atoms with Crippen LogP contribution in [0, 0.1) is 16.7 Å². The third-order valence-electron chi connectivity index (χ3n) is 7.09. The number of hydrogen-bond acceptors (Lipinski definition) is 5. The smallest absolute Gasteiger partial charge is 0.202 e. The summed E-state index contributed by atoms with van der Waals surface area (Å²) in [6.07, 6.45) is 10.6. The predicted octanol–water partition coefficient (Wildman–Crippen LogP) is 5.79. The Morgan fingerprint density at radius 1 is 1.26 bits per heavy atom. The van der Waals surface area contributed by atoms with Crippen molar-refractivity contribution >= 4 is 21.2 Å². The molecule has 1 aliphatic rings. The van der Waals surface area contributed by atoms with Gasteiger partial charge in [-0.15, -0.1) is 0 Å². The Bertz CT molecular complexity index is 1260. The van der Waals surface area contributed by atoms with Crippen molar-refractivity contribution < 1.29 is 13.2 Å². The largest absolute Gasteiger partial charge is 0.327 e. The van der Waals surface area contributed by atoms with E-state index in [1.165, 1.54) is 23.6 Å². The zero-order valence-electron chi connectivity index (χ0n) is 21.6. The van der Waals surface area contributed by atoms with E-state index < -0.39 is 9.84 Å². The van der Waals surface area contributed by atoms with Gasteiger partial charge in [-0.2, -0.15) is 5.26 Å². The second-order valence-corrected chi connectivity index (χ2v) is 13.6. The minimum Gasteiger partial charge on any atom is -0.327 e. The summed E-state index contributed by atoms with van der Waals surface area (Å²) in [5, 5.41) is 9.03. The van der Waals surface area contributed by atoms with Crippen LogP contribution < -0.4 is 0 Å². The van der Waals surface area contributed by atoms with Gasteiger partial charge in [-0.1, -0.05) is 58.4 Å². The fraction of sp³-hybridized carbons (Fsp3) is 0.536. The molecule has 0 unspecified atom stereocenters. The number of imidazole rings is 1. The summed E-state index contributed by atoms with van der Waals surface area (Å²) in [6, 6.07) is 8.35. The highest BCUT2D eigenvalue weighted by molar-refractivity contribution is 7.90. The van der Waals surface area contributed by atoms with Gasteiger partial charge in [-0.05, 0) is 65.2 Å². The number of unbranched alkanes of at least 4 members (excludes halogenated alkanes) is 1. The van der Waals surface area contributed by atoms with Crippen LogP contribution in [0.15, 0.2) is 30.5 Å². The third-order valence-corrected chi connectivity index (χ3v) is 8.12. The average Bonchev–Trinajstić information content (AvgIpc) is 3.26. The van der Waals surface area contributed by atoms with Gasteiger partial charge >= 0.3 is 0 Å². The van der Waals surface area contributed by atoms with Crippen molar-refractivity contribution in [3.63, 3.8) is 0 Å². The molecule has 0 aliphatic heterocycles. The monoisotopic (exact) mass is 495 g/mol. The number of nitriles is 1. The first-order valence-electron chi connectivity index (χ1n) is 12.3. The molecule has 0 fully saturated rings. The number of nitrogens with one attached hydrogen (secondary N) is 1. The van der Waals surface area contributed by atoms with Gasteiger partial charge in [0.15, 0.2) is 5.82 Å². The van der Waals surface area contributed by atoms with Crippen LogP contribution in [-0.4, -0.2) is 36.2 Å². The Balaban J connectivity index is 1.88. The minimum atomic E-state index is -2.94. The molecule has 3 rings (SSSR count). The minimum absolute atomic E-state index is 0.119. The number of ketones is 1. The van der Waals surface area contributed by atoms with Gasteiger partial charge in [0.25, 0.3) is 0 Å². The van der Waals surface area contributed by atoms with Crippen molar-refractivity contribution in [2.75, 3.05) is 12.0 Å². The topological polar surface area (TPSA) is 104 Å². The fourth-order valence-corrected chi connectivity index (χ4v) is 5.35. The zero-order valence-corrected chi connectivity index (χ0v) is 22.4. The number of allylic oxidation sites excluding steroid dienone is 2. The summed E-state index contributed by atoms with van der Waals surface area (Å²) in [7, 11) is -2.94. The molecule has 1 N–H and O–H groups in total. The van der Waals surface area contributed by atoms with E-state index in [-0.39, 0.29) is 40.3 Å². The maximum absolute atomic E-state index is 12.9. The summed E-state index contributed by atoms with van der Waals surface area (Å²) in [5.41, 5.74) is 4.98. The molecule has 1 heterocycles. The number of sulfone groups is 1. The molecule has 35 heavy (non-hydrogen) atoms. The van der Waals surface area contributed by atoms with E-state index in [0.717, 1.165) is 43.2 Å². The molecule has 0 bridgehead atoms. The third kappa shape index (κ3) is 7.38. The number of rotatable bonds is 10. The SMILES string of the molecule is CC1(C)CC=C(c2cc(C(C)(C)CCCCS(C)(=O)=O)ccc2CC(=O)c2ncc(C#N)[nH]2)CC1. The lowest BCUT2D eigenvalue weighted by Gasteiger charge is -2.31. The lowest BCUT2D eigenvalue weighted by atomic mass is 9.74. The van der Waals surface area contributed by atoms with Crippen molar-refractivity contribution in [1.82, 2.24) is 9.97 Å². The number of aromatic nitrogens is 2. The maximum atomic E-state index is 12.9. The van der Waals surface area contributed by atoms with E-state index in [0.29, 0.717) is 6.42 Å². The van der Waals surface area contributed by atoms with Gasteiger partial charge in [-0.25, -0.2) is 13.4 Å². The van der Waals surface area contributed by atoms with Crippen LogP contribution in [-0.2, 0) is 21.7 Å². The first-order chi connectivity index (χ1) is 16.3. The molecule has 0 atom stereocenters. The van der Waals surface area contributed by atoms with Crippen LogP contribution in [0.4, 0.5) is 0 Å². The number of nitrogens with zero attached hydrogens (tertiary/aromatic N) is 2. The molecule has 1 aliphatic carbocycles. The highest BCUT2D eigenvalue weighted by atomic mass is 32.2. The number of hydrogen-bond donors (Lipinski definition) is 1. The first-order valence-corrected chi connectivity index (χ1v) is 14.3.